The number of fused-ring (bicyclic) bond motifs is 3. The van der Waals surface area contributed by atoms with E-state index in [9.17, 15) is 18.5 Å². The molecule has 36 heavy (non-hydrogen) atoms. The summed E-state index contributed by atoms with van der Waals surface area (Å²) in [7, 11) is -3.92. The minimum absolute atomic E-state index is 0.00334. The number of benzene rings is 3. The van der Waals surface area contributed by atoms with Crippen molar-refractivity contribution >= 4 is 37.6 Å². The number of aryl methyl sites for hydroxylation is 1. The highest BCUT2D eigenvalue weighted by Gasteiger charge is 2.25. The number of pyridine rings is 1. The molecule has 0 amide bonds. The maximum absolute atomic E-state index is 13.8. The summed E-state index contributed by atoms with van der Waals surface area (Å²) in [6.45, 7) is 2.14. The van der Waals surface area contributed by atoms with E-state index in [0.29, 0.717) is 16.7 Å². The molecule has 0 radical (unpaired) electrons. The van der Waals surface area contributed by atoms with Gasteiger partial charge >= 0.3 is 0 Å². The summed E-state index contributed by atoms with van der Waals surface area (Å²) in [5, 5.41) is 12.9. The van der Waals surface area contributed by atoms with Gasteiger partial charge in [0.15, 0.2) is 5.65 Å². The summed E-state index contributed by atoms with van der Waals surface area (Å²) in [5.41, 5.74) is 3.41. The Morgan fingerprint density at radius 1 is 0.917 bits per heavy atom. The topological polar surface area (TPSA) is 95.1 Å². The third kappa shape index (κ3) is 4.13. The van der Waals surface area contributed by atoms with Crippen molar-refractivity contribution in [2.24, 2.45) is 0 Å². The molecule has 7 nitrogen and oxygen atoms in total. The highest BCUT2D eigenvalue weighted by molar-refractivity contribution is 7.90. The van der Waals surface area contributed by atoms with Crippen LogP contribution in [0.1, 0.15) is 31.7 Å². The molecule has 0 aliphatic carbocycles. The average Bonchev–Trinajstić information content (AvgIpc) is 3.24. The lowest BCUT2D eigenvalue weighted by molar-refractivity contribution is -0.384. The second-order valence-corrected chi connectivity index (χ2v) is 10.5. The first-order valence-corrected chi connectivity index (χ1v) is 13.3. The fourth-order valence-electron chi connectivity index (χ4n) is 4.66. The molecule has 0 atom stereocenters. The fraction of sp³-hybridized carbons (Fsp3) is 0.179. The maximum atomic E-state index is 13.8. The predicted octanol–water partition coefficient (Wildman–Crippen LogP) is 6.73. The normalized spacial score (nSPS) is 11.8. The Bertz CT molecular complexity index is 1690. The molecule has 2 aromatic heterocycles. The van der Waals surface area contributed by atoms with Gasteiger partial charge < -0.3 is 0 Å². The fourth-order valence-corrected chi connectivity index (χ4v) is 6.15. The Balaban J connectivity index is 1.80. The molecular formula is C28H25N3O4S. The number of hydrogen-bond acceptors (Lipinski definition) is 5. The van der Waals surface area contributed by atoms with Gasteiger partial charge in [-0.3, -0.25) is 10.1 Å². The van der Waals surface area contributed by atoms with Gasteiger partial charge in [0, 0.05) is 29.1 Å². The lowest BCUT2D eigenvalue weighted by Crippen LogP contribution is -2.13. The Morgan fingerprint density at radius 2 is 1.69 bits per heavy atom. The number of rotatable bonds is 8. The van der Waals surface area contributed by atoms with Crippen LogP contribution in [0.15, 0.2) is 90.0 Å². The Hall–Kier alpha value is -4.04. The van der Waals surface area contributed by atoms with E-state index in [-0.39, 0.29) is 10.6 Å². The van der Waals surface area contributed by atoms with Crippen LogP contribution in [0.2, 0.25) is 0 Å². The highest BCUT2D eigenvalue weighted by Crippen LogP contribution is 2.37. The smallest absolute Gasteiger partial charge is 0.258 e. The molecule has 182 valence electrons. The van der Waals surface area contributed by atoms with Gasteiger partial charge in [-0.2, -0.15) is 0 Å². The van der Waals surface area contributed by atoms with E-state index >= 15 is 0 Å². The summed E-state index contributed by atoms with van der Waals surface area (Å²) in [4.78, 5) is 15.6. The van der Waals surface area contributed by atoms with Crippen molar-refractivity contribution in [2.75, 3.05) is 0 Å². The number of hydrogen-bond donors (Lipinski definition) is 0. The number of nitro benzene ring substituents is 1. The van der Waals surface area contributed by atoms with Crippen molar-refractivity contribution in [2.45, 2.75) is 37.5 Å². The van der Waals surface area contributed by atoms with Gasteiger partial charge in [-0.15, -0.1) is 0 Å². The Kier molecular flexibility index (Phi) is 6.28. The number of nitrogens with zero attached hydrogens (tertiary/aromatic N) is 3. The second kappa shape index (κ2) is 9.54. The monoisotopic (exact) mass is 499 g/mol. The quantitative estimate of drug-likeness (QED) is 0.134. The van der Waals surface area contributed by atoms with Gasteiger partial charge in [0.05, 0.1) is 15.3 Å². The van der Waals surface area contributed by atoms with E-state index < -0.39 is 14.9 Å². The Labute approximate surface area is 209 Å². The lowest BCUT2D eigenvalue weighted by Gasteiger charge is -2.09. The molecule has 0 aliphatic heterocycles. The molecule has 0 unspecified atom stereocenters. The van der Waals surface area contributed by atoms with Crippen LogP contribution >= 0.6 is 0 Å². The largest absolute Gasteiger partial charge is 0.270 e. The minimum atomic E-state index is -3.92. The molecule has 0 bridgehead atoms. The van der Waals surface area contributed by atoms with Crippen molar-refractivity contribution in [3.63, 3.8) is 0 Å². The lowest BCUT2D eigenvalue weighted by atomic mass is 9.99. The van der Waals surface area contributed by atoms with E-state index in [1.807, 2.05) is 18.2 Å². The first kappa shape index (κ1) is 23.7. The van der Waals surface area contributed by atoms with Gasteiger partial charge in [0.2, 0.25) is 0 Å². The van der Waals surface area contributed by atoms with Gasteiger partial charge in [0.1, 0.15) is 0 Å². The molecule has 8 heteroatoms. The first-order chi connectivity index (χ1) is 17.4. The van der Waals surface area contributed by atoms with Gasteiger partial charge in [-0.05, 0) is 59.9 Å². The van der Waals surface area contributed by atoms with Crippen LogP contribution in [0.25, 0.3) is 33.1 Å². The third-order valence-electron chi connectivity index (χ3n) is 6.42. The zero-order valence-electron chi connectivity index (χ0n) is 19.8. The summed E-state index contributed by atoms with van der Waals surface area (Å²) in [5.74, 6) is 0. The van der Waals surface area contributed by atoms with Crippen LogP contribution in [0.4, 0.5) is 5.69 Å². The summed E-state index contributed by atoms with van der Waals surface area (Å²) in [6.07, 6.45) is 5.61. The molecule has 3 aromatic carbocycles. The van der Waals surface area contributed by atoms with Crippen LogP contribution in [-0.2, 0) is 16.4 Å². The standard InChI is InChI=1S/C28H25N3O4S/c1-2-3-5-9-20-16-17-29-28-27(20)25-19-22(21-10-8-11-23(18-21)31(32)33)14-15-26(25)30(28)36(34,35)24-12-6-4-7-13-24/h4,6-8,10-19H,2-3,5,9H2,1H3. The first-order valence-electron chi connectivity index (χ1n) is 11.9. The van der Waals surface area contributed by atoms with E-state index in [4.69, 9.17) is 0 Å². The summed E-state index contributed by atoms with van der Waals surface area (Å²) < 4.78 is 29.0. The van der Waals surface area contributed by atoms with Crippen LogP contribution in [0, 0.1) is 10.1 Å². The second-order valence-electron chi connectivity index (χ2n) is 8.75. The van der Waals surface area contributed by atoms with Crippen LogP contribution in [0.3, 0.4) is 0 Å². The van der Waals surface area contributed by atoms with Gasteiger partial charge in [-0.25, -0.2) is 17.4 Å². The number of non-ortho nitro benzene ring substituents is 1. The Morgan fingerprint density at radius 3 is 2.44 bits per heavy atom. The SMILES string of the molecule is CCCCCc1ccnc2c1c1cc(-c3cccc([N+](=O)[O-])c3)ccc1n2S(=O)(=O)c1ccccc1. The van der Waals surface area contributed by atoms with Crippen molar-refractivity contribution in [1.29, 1.82) is 0 Å². The van der Waals surface area contributed by atoms with Crippen LogP contribution < -0.4 is 0 Å². The third-order valence-corrected chi connectivity index (χ3v) is 8.13. The minimum Gasteiger partial charge on any atom is -0.258 e. The molecule has 0 fully saturated rings. The highest BCUT2D eigenvalue weighted by atomic mass is 32.2. The average molecular weight is 500 g/mol. The van der Waals surface area contributed by atoms with Gasteiger partial charge in [0.25, 0.3) is 15.7 Å². The van der Waals surface area contributed by atoms with E-state index in [1.165, 1.54) is 16.1 Å². The van der Waals surface area contributed by atoms with Crippen molar-refractivity contribution in [3.05, 3.63) is 101 Å². The van der Waals surface area contributed by atoms with Crippen LogP contribution in [-0.4, -0.2) is 22.3 Å². The van der Waals surface area contributed by atoms with Crippen molar-refractivity contribution in [3.8, 4) is 11.1 Å². The number of aromatic nitrogens is 2. The van der Waals surface area contributed by atoms with E-state index in [2.05, 4.69) is 11.9 Å². The molecule has 0 aliphatic rings. The molecule has 0 N–H and O–H groups in total. The summed E-state index contributed by atoms with van der Waals surface area (Å²) >= 11 is 0. The predicted molar refractivity (Wildman–Crippen MR) is 142 cm³/mol. The molecule has 5 aromatic rings. The molecule has 0 spiro atoms. The molecule has 0 saturated heterocycles. The molecule has 5 rings (SSSR count). The van der Waals surface area contributed by atoms with E-state index in [1.54, 1.807) is 54.7 Å². The molecule has 0 saturated carbocycles. The zero-order chi connectivity index (χ0) is 25.3. The summed E-state index contributed by atoms with van der Waals surface area (Å²) in [6, 6.07) is 22.2. The van der Waals surface area contributed by atoms with Crippen molar-refractivity contribution in [1.82, 2.24) is 8.96 Å². The molecule has 2 heterocycles. The molecular weight excluding hydrogens is 474 g/mol. The zero-order valence-corrected chi connectivity index (χ0v) is 20.6. The van der Waals surface area contributed by atoms with Crippen molar-refractivity contribution < 1.29 is 13.3 Å². The maximum Gasteiger partial charge on any atom is 0.270 e. The van der Waals surface area contributed by atoms with Crippen LogP contribution in [0.5, 0.6) is 0 Å². The van der Waals surface area contributed by atoms with Gasteiger partial charge in [-0.1, -0.05) is 56.2 Å². The number of unbranched alkanes of at least 4 members (excludes halogenated alkanes) is 2. The number of nitro groups is 1. The van der Waals surface area contributed by atoms with E-state index in [0.717, 1.165) is 47.6 Å².